The van der Waals surface area contributed by atoms with Crippen LogP contribution in [0.1, 0.15) is 18.4 Å². The van der Waals surface area contributed by atoms with Crippen molar-refractivity contribution in [1.82, 2.24) is 20.2 Å². The topological polar surface area (TPSA) is 59.0 Å². The second kappa shape index (κ2) is 5.88. The van der Waals surface area contributed by atoms with Crippen LogP contribution >= 0.6 is 0 Å². The summed E-state index contributed by atoms with van der Waals surface area (Å²) in [6.45, 7) is 1.55. The van der Waals surface area contributed by atoms with Gasteiger partial charge in [0.2, 0.25) is 5.91 Å². The van der Waals surface area contributed by atoms with Crippen molar-refractivity contribution < 1.29 is 4.79 Å². The monoisotopic (exact) mass is 270 g/mol. The Morgan fingerprint density at radius 3 is 2.85 bits per heavy atom. The van der Waals surface area contributed by atoms with Crippen LogP contribution in [0.3, 0.4) is 0 Å². The first-order valence-corrected chi connectivity index (χ1v) is 6.88. The SMILES string of the molecule is O=C1CCC(NCc2ccc(-n3ccnc3)cc2)CN1. The van der Waals surface area contributed by atoms with Gasteiger partial charge in [0.1, 0.15) is 0 Å². The molecule has 104 valence electrons. The fourth-order valence-corrected chi connectivity index (χ4v) is 2.37. The van der Waals surface area contributed by atoms with Crippen molar-refractivity contribution in [3.05, 3.63) is 48.5 Å². The maximum Gasteiger partial charge on any atom is 0.220 e. The molecule has 1 amide bonds. The Morgan fingerprint density at radius 1 is 1.35 bits per heavy atom. The molecule has 3 rings (SSSR count). The first-order chi connectivity index (χ1) is 9.81. The summed E-state index contributed by atoms with van der Waals surface area (Å²) in [5, 5.41) is 6.36. The number of nitrogens with one attached hydrogen (secondary N) is 2. The highest BCUT2D eigenvalue weighted by molar-refractivity contribution is 5.76. The molecule has 0 radical (unpaired) electrons. The van der Waals surface area contributed by atoms with E-state index in [2.05, 4.69) is 39.9 Å². The highest BCUT2D eigenvalue weighted by Crippen LogP contribution is 2.10. The average Bonchev–Trinajstić information content (AvgIpc) is 3.01. The Balaban J connectivity index is 1.54. The second-order valence-corrected chi connectivity index (χ2v) is 5.06. The molecule has 0 saturated carbocycles. The molecule has 0 bridgehead atoms. The number of imidazole rings is 1. The van der Waals surface area contributed by atoms with Crippen molar-refractivity contribution in [3.8, 4) is 5.69 Å². The minimum Gasteiger partial charge on any atom is -0.355 e. The summed E-state index contributed by atoms with van der Waals surface area (Å²) >= 11 is 0. The predicted molar refractivity (Wildman–Crippen MR) is 76.4 cm³/mol. The van der Waals surface area contributed by atoms with E-state index in [9.17, 15) is 4.79 Å². The molecule has 5 nitrogen and oxygen atoms in total. The lowest BCUT2D eigenvalue weighted by atomic mass is 10.1. The van der Waals surface area contributed by atoms with E-state index in [1.54, 1.807) is 12.5 Å². The van der Waals surface area contributed by atoms with Gasteiger partial charge in [0, 0.05) is 43.6 Å². The van der Waals surface area contributed by atoms with E-state index in [0.29, 0.717) is 12.5 Å². The molecule has 2 heterocycles. The van der Waals surface area contributed by atoms with Crippen molar-refractivity contribution in [2.24, 2.45) is 0 Å². The van der Waals surface area contributed by atoms with Gasteiger partial charge >= 0.3 is 0 Å². The number of hydrogen-bond acceptors (Lipinski definition) is 3. The van der Waals surface area contributed by atoms with Crippen molar-refractivity contribution in [2.45, 2.75) is 25.4 Å². The summed E-state index contributed by atoms with van der Waals surface area (Å²) in [5.74, 6) is 0.160. The standard InChI is InChI=1S/C15H18N4O/c20-15-6-3-13(10-18-15)17-9-12-1-4-14(5-2-12)19-8-7-16-11-19/h1-2,4-5,7-8,11,13,17H,3,6,9-10H2,(H,18,20). The fraction of sp³-hybridized carbons (Fsp3) is 0.333. The summed E-state index contributed by atoms with van der Waals surface area (Å²) < 4.78 is 1.98. The van der Waals surface area contributed by atoms with Crippen LogP contribution in [-0.4, -0.2) is 28.0 Å². The van der Waals surface area contributed by atoms with Gasteiger partial charge in [-0.15, -0.1) is 0 Å². The van der Waals surface area contributed by atoms with Crippen LogP contribution in [0.5, 0.6) is 0 Å². The third-order valence-corrected chi connectivity index (χ3v) is 3.60. The van der Waals surface area contributed by atoms with E-state index in [1.807, 2.05) is 10.8 Å². The molecule has 1 aliphatic rings. The zero-order valence-electron chi connectivity index (χ0n) is 11.2. The smallest absolute Gasteiger partial charge is 0.220 e. The third-order valence-electron chi connectivity index (χ3n) is 3.60. The van der Waals surface area contributed by atoms with Gasteiger partial charge in [0.25, 0.3) is 0 Å². The molecule has 2 aromatic rings. The normalized spacial score (nSPS) is 18.8. The molecule has 1 unspecified atom stereocenters. The lowest BCUT2D eigenvalue weighted by Crippen LogP contribution is -2.45. The maximum absolute atomic E-state index is 11.1. The van der Waals surface area contributed by atoms with Crippen molar-refractivity contribution in [1.29, 1.82) is 0 Å². The molecule has 1 aromatic heterocycles. The lowest BCUT2D eigenvalue weighted by molar-refractivity contribution is -0.122. The maximum atomic E-state index is 11.1. The first-order valence-electron chi connectivity index (χ1n) is 6.88. The van der Waals surface area contributed by atoms with Gasteiger partial charge in [-0.25, -0.2) is 4.98 Å². The summed E-state index contributed by atoms with van der Waals surface area (Å²) in [6.07, 6.45) is 7.03. The van der Waals surface area contributed by atoms with Crippen LogP contribution in [0.4, 0.5) is 0 Å². The van der Waals surface area contributed by atoms with Gasteiger partial charge in [0.05, 0.1) is 6.33 Å². The molecule has 1 aromatic carbocycles. The summed E-state index contributed by atoms with van der Waals surface area (Å²) in [7, 11) is 0. The number of aromatic nitrogens is 2. The molecule has 1 fully saturated rings. The van der Waals surface area contributed by atoms with Crippen LogP contribution in [0.2, 0.25) is 0 Å². The molecule has 0 spiro atoms. The highest BCUT2D eigenvalue weighted by atomic mass is 16.1. The molecule has 2 N–H and O–H groups in total. The summed E-state index contributed by atoms with van der Waals surface area (Å²) in [5.41, 5.74) is 2.35. The van der Waals surface area contributed by atoms with Crippen LogP contribution in [0.15, 0.2) is 43.0 Å². The Hall–Kier alpha value is -2.14. The number of nitrogens with zero attached hydrogens (tertiary/aromatic N) is 2. The highest BCUT2D eigenvalue weighted by Gasteiger charge is 2.16. The Kier molecular flexibility index (Phi) is 3.78. The van der Waals surface area contributed by atoms with E-state index in [-0.39, 0.29) is 5.91 Å². The van der Waals surface area contributed by atoms with Crippen LogP contribution in [0, 0.1) is 0 Å². The molecular formula is C15H18N4O. The number of carbonyl (C=O) groups is 1. The molecule has 5 heteroatoms. The molecule has 1 aliphatic heterocycles. The predicted octanol–water partition coefficient (Wildman–Crippen LogP) is 1.24. The van der Waals surface area contributed by atoms with Crippen molar-refractivity contribution >= 4 is 5.91 Å². The third kappa shape index (κ3) is 3.05. The quantitative estimate of drug-likeness (QED) is 0.879. The van der Waals surface area contributed by atoms with Crippen LogP contribution < -0.4 is 10.6 Å². The lowest BCUT2D eigenvalue weighted by Gasteiger charge is -2.23. The largest absolute Gasteiger partial charge is 0.355 e. The van der Waals surface area contributed by atoms with E-state index < -0.39 is 0 Å². The zero-order valence-corrected chi connectivity index (χ0v) is 11.2. The average molecular weight is 270 g/mol. The molecule has 1 saturated heterocycles. The second-order valence-electron chi connectivity index (χ2n) is 5.06. The van der Waals surface area contributed by atoms with Crippen LogP contribution in [-0.2, 0) is 11.3 Å². The van der Waals surface area contributed by atoms with Crippen molar-refractivity contribution in [2.75, 3.05) is 6.54 Å². The van der Waals surface area contributed by atoms with Gasteiger partial charge < -0.3 is 15.2 Å². The Bertz CT molecular complexity index is 552. The number of amides is 1. The molecule has 1 atom stereocenters. The van der Waals surface area contributed by atoms with Crippen molar-refractivity contribution in [3.63, 3.8) is 0 Å². The summed E-state index contributed by atoms with van der Waals surface area (Å²) in [4.78, 5) is 15.1. The molecular weight excluding hydrogens is 252 g/mol. The Morgan fingerprint density at radius 2 is 2.20 bits per heavy atom. The van der Waals surface area contributed by atoms with E-state index in [4.69, 9.17) is 0 Å². The number of hydrogen-bond donors (Lipinski definition) is 2. The van der Waals surface area contributed by atoms with Crippen LogP contribution in [0.25, 0.3) is 5.69 Å². The number of benzene rings is 1. The number of rotatable bonds is 4. The fourth-order valence-electron chi connectivity index (χ4n) is 2.37. The Labute approximate surface area is 118 Å². The van der Waals surface area contributed by atoms with E-state index >= 15 is 0 Å². The first kappa shape index (κ1) is 12.9. The van der Waals surface area contributed by atoms with Gasteiger partial charge in [-0.1, -0.05) is 12.1 Å². The zero-order chi connectivity index (χ0) is 13.8. The van der Waals surface area contributed by atoms with E-state index in [1.165, 1.54) is 5.56 Å². The molecule has 0 aliphatic carbocycles. The van der Waals surface area contributed by atoms with Gasteiger partial charge in [-0.3, -0.25) is 4.79 Å². The minimum absolute atomic E-state index is 0.160. The van der Waals surface area contributed by atoms with E-state index in [0.717, 1.165) is 25.2 Å². The molecule has 20 heavy (non-hydrogen) atoms. The van der Waals surface area contributed by atoms with Gasteiger partial charge in [0.15, 0.2) is 0 Å². The number of piperidine rings is 1. The number of carbonyl (C=O) groups excluding carboxylic acids is 1. The summed E-state index contributed by atoms with van der Waals surface area (Å²) in [6, 6.07) is 8.77. The minimum atomic E-state index is 0.160. The van der Waals surface area contributed by atoms with Gasteiger partial charge in [-0.05, 0) is 24.1 Å². The van der Waals surface area contributed by atoms with Gasteiger partial charge in [-0.2, -0.15) is 0 Å².